The van der Waals surface area contributed by atoms with Gasteiger partial charge in [0, 0.05) is 64.9 Å². The lowest BCUT2D eigenvalue weighted by atomic mass is 9.96. The molecule has 0 spiro atoms. The molecule has 6 rings (SSSR count). The minimum absolute atomic E-state index is 0.00362. The Morgan fingerprint density at radius 1 is 1.16 bits per heavy atom. The van der Waals surface area contributed by atoms with Crippen molar-refractivity contribution in [1.82, 2.24) is 34.9 Å². The molecular formula is C30H33Cl2FN8O4. The Labute approximate surface area is 269 Å². The summed E-state index contributed by atoms with van der Waals surface area (Å²) in [5.41, 5.74) is 0.710. The molecule has 0 unspecified atom stereocenters. The fourth-order valence-corrected chi connectivity index (χ4v) is 6.19. The number of aromatic amines is 1. The highest BCUT2D eigenvalue weighted by atomic mass is 35.5. The van der Waals surface area contributed by atoms with Crippen molar-refractivity contribution in [3.8, 4) is 17.6 Å². The van der Waals surface area contributed by atoms with Crippen molar-refractivity contribution in [2.24, 2.45) is 5.92 Å². The highest BCUT2D eigenvalue weighted by Gasteiger charge is 2.30. The number of fused-ring (bicyclic) bond motifs is 2. The molecule has 1 N–H and O–H groups in total. The Balaban J connectivity index is 1.40. The van der Waals surface area contributed by atoms with Crippen LogP contribution in [0.5, 0.6) is 17.6 Å². The van der Waals surface area contributed by atoms with Gasteiger partial charge in [-0.2, -0.15) is 20.1 Å². The molecule has 1 amide bonds. The number of rotatable bonds is 9. The number of nitrogens with zero attached hydrogens (tertiary/aromatic N) is 7. The number of amides is 1. The van der Waals surface area contributed by atoms with Crippen LogP contribution in [-0.2, 0) is 9.53 Å². The van der Waals surface area contributed by atoms with Crippen LogP contribution in [0.15, 0.2) is 31.0 Å². The SMILES string of the molecule is C=CC(=O)N1CCN(c2nc(O[C@@H]3CCN(CCOC)C[C@H]3C)nc3c(Oc4c(Cl)c(F)cc5[nH]ncc45)nc(Cl)cc23)CC1. The number of ether oxygens (including phenoxy) is 3. The summed E-state index contributed by atoms with van der Waals surface area (Å²) in [7, 11) is 1.70. The van der Waals surface area contributed by atoms with Gasteiger partial charge in [-0.05, 0) is 18.6 Å². The lowest BCUT2D eigenvalue weighted by Gasteiger charge is -2.37. The molecule has 4 aromatic rings. The number of hydrogen-bond donors (Lipinski definition) is 1. The van der Waals surface area contributed by atoms with E-state index in [0.717, 1.165) is 26.1 Å². The molecule has 2 saturated heterocycles. The van der Waals surface area contributed by atoms with Gasteiger partial charge in [-0.3, -0.25) is 9.89 Å². The number of benzene rings is 1. The Hall–Kier alpha value is -3.78. The minimum atomic E-state index is -0.688. The van der Waals surface area contributed by atoms with Crippen LogP contribution >= 0.6 is 23.2 Å². The molecule has 3 aromatic heterocycles. The molecule has 5 heterocycles. The quantitative estimate of drug-likeness (QED) is 0.200. The average molecular weight is 660 g/mol. The van der Waals surface area contributed by atoms with Crippen molar-refractivity contribution in [2.75, 3.05) is 64.4 Å². The molecule has 0 bridgehead atoms. The number of carbonyl (C=O) groups is 1. The maximum atomic E-state index is 14.8. The van der Waals surface area contributed by atoms with Crippen LogP contribution in [0.3, 0.4) is 0 Å². The summed E-state index contributed by atoms with van der Waals surface area (Å²) in [5.74, 6) is -0.0359. The molecule has 2 atom stereocenters. The minimum Gasteiger partial charge on any atom is -0.460 e. The molecule has 15 heteroatoms. The van der Waals surface area contributed by atoms with Gasteiger partial charge in [-0.1, -0.05) is 36.7 Å². The van der Waals surface area contributed by atoms with Crippen molar-refractivity contribution in [3.63, 3.8) is 0 Å². The van der Waals surface area contributed by atoms with Gasteiger partial charge in [-0.15, -0.1) is 0 Å². The van der Waals surface area contributed by atoms with Crippen LogP contribution in [0.2, 0.25) is 10.2 Å². The number of aromatic nitrogens is 5. The van der Waals surface area contributed by atoms with Crippen molar-refractivity contribution >= 4 is 56.7 Å². The zero-order valence-electron chi connectivity index (χ0n) is 24.9. The van der Waals surface area contributed by atoms with Crippen LogP contribution < -0.4 is 14.4 Å². The number of anilines is 1. The smallest absolute Gasteiger partial charge is 0.319 e. The Bertz CT molecular complexity index is 1730. The number of pyridine rings is 1. The third-order valence-electron chi connectivity index (χ3n) is 8.22. The molecule has 0 saturated carbocycles. The van der Waals surface area contributed by atoms with Crippen LogP contribution in [0.4, 0.5) is 10.2 Å². The lowest BCUT2D eigenvalue weighted by molar-refractivity contribution is -0.126. The molecule has 0 radical (unpaired) electrons. The molecule has 238 valence electrons. The van der Waals surface area contributed by atoms with Crippen molar-refractivity contribution < 1.29 is 23.4 Å². The van der Waals surface area contributed by atoms with Gasteiger partial charge in [-0.25, -0.2) is 4.39 Å². The van der Waals surface area contributed by atoms with E-state index in [9.17, 15) is 9.18 Å². The zero-order chi connectivity index (χ0) is 31.7. The number of nitrogens with one attached hydrogen (secondary N) is 1. The Morgan fingerprint density at radius 3 is 2.69 bits per heavy atom. The summed E-state index contributed by atoms with van der Waals surface area (Å²) in [4.78, 5) is 32.4. The number of methoxy groups -OCH3 is 1. The monoisotopic (exact) mass is 658 g/mol. The van der Waals surface area contributed by atoms with Crippen molar-refractivity contribution in [3.05, 3.63) is 47.0 Å². The predicted octanol–water partition coefficient (Wildman–Crippen LogP) is 4.71. The van der Waals surface area contributed by atoms with Crippen molar-refractivity contribution in [2.45, 2.75) is 19.4 Å². The number of halogens is 3. The van der Waals surface area contributed by atoms with E-state index in [0.29, 0.717) is 60.4 Å². The van der Waals surface area contributed by atoms with Crippen molar-refractivity contribution in [1.29, 1.82) is 0 Å². The second-order valence-corrected chi connectivity index (χ2v) is 11.9. The second kappa shape index (κ2) is 13.3. The van der Waals surface area contributed by atoms with Gasteiger partial charge in [0.1, 0.15) is 33.4 Å². The first kappa shape index (κ1) is 31.2. The lowest BCUT2D eigenvalue weighted by Crippen LogP contribution is -2.48. The molecule has 2 aliphatic rings. The van der Waals surface area contributed by atoms with Gasteiger partial charge in [0.15, 0.2) is 5.75 Å². The standard InChI is InChI=1S/C30H33Cl2FN8O4/c1-4-24(42)40-7-9-41(10-8-40)28-18-13-23(31)35-29(45-27-19-15-34-38-21(19)14-20(33)25(27)32)26(18)36-30(37-28)44-22-5-6-39(11-12-43-3)16-17(22)2/h4,13-15,17,22H,1,5-12,16H2,2-3H3,(H,34,38)/t17-,22-/m1/s1. The highest BCUT2D eigenvalue weighted by Crippen LogP contribution is 2.41. The number of likely N-dealkylation sites (tertiary alicyclic amines) is 1. The Morgan fingerprint density at radius 2 is 1.96 bits per heavy atom. The van der Waals surface area contributed by atoms with E-state index in [-0.39, 0.29) is 45.7 Å². The number of piperazine rings is 1. The largest absolute Gasteiger partial charge is 0.460 e. The molecule has 1 aromatic carbocycles. The number of hydrogen-bond acceptors (Lipinski definition) is 10. The van der Waals surface area contributed by atoms with Gasteiger partial charge >= 0.3 is 6.01 Å². The summed E-state index contributed by atoms with van der Waals surface area (Å²) < 4.78 is 32.7. The van der Waals surface area contributed by atoms with E-state index in [2.05, 4.69) is 33.6 Å². The van der Waals surface area contributed by atoms with Gasteiger partial charge < -0.3 is 28.9 Å². The summed E-state index contributed by atoms with van der Waals surface area (Å²) in [6, 6.07) is 3.05. The van der Waals surface area contributed by atoms with Crippen LogP contribution in [-0.4, -0.2) is 106 Å². The van der Waals surface area contributed by atoms with E-state index in [1.807, 2.05) is 4.90 Å². The zero-order valence-corrected chi connectivity index (χ0v) is 26.4. The number of H-pyrrole nitrogens is 1. The molecule has 2 aliphatic heterocycles. The summed E-state index contributed by atoms with van der Waals surface area (Å²) >= 11 is 12.9. The fraction of sp³-hybridized carbons (Fsp3) is 0.433. The fourth-order valence-electron chi connectivity index (χ4n) is 5.81. The first-order valence-corrected chi connectivity index (χ1v) is 15.4. The summed E-state index contributed by atoms with van der Waals surface area (Å²) in [6.45, 7) is 10.9. The van der Waals surface area contributed by atoms with Crippen LogP contribution in [0, 0.1) is 11.7 Å². The van der Waals surface area contributed by atoms with E-state index in [4.69, 9.17) is 47.4 Å². The van der Waals surface area contributed by atoms with Gasteiger partial charge in [0.2, 0.25) is 11.8 Å². The normalized spacial score (nSPS) is 19.3. The molecule has 45 heavy (non-hydrogen) atoms. The first-order valence-electron chi connectivity index (χ1n) is 14.7. The molecule has 12 nitrogen and oxygen atoms in total. The number of piperidine rings is 1. The predicted molar refractivity (Wildman–Crippen MR) is 169 cm³/mol. The maximum absolute atomic E-state index is 14.8. The number of carbonyl (C=O) groups excluding carboxylic acids is 1. The highest BCUT2D eigenvalue weighted by molar-refractivity contribution is 6.33. The molecular weight excluding hydrogens is 626 g/mol. The van der Waals surface area contributed by atoms with Gasteiger partial charge in [0.05, 0.1) is 29.1 Å². The topological polar surface area (TPSA) is 122 Å². The van der Waals surface area contributed by atoms with E-state index >= 15 is 0 Å². The van der Waals surface area contributed by atoms with E-state index < -0.39 is 5.82 Å². The average Bonchev–Trinajstić information content (AvgIpc) is 3.51. The van der Waals surface area contributed by atoms with E-state index in [1.165, 1.54) is 18.3 Å². The molecule has 2 fully saturated rings. The summed E-state index contributed by atoms with van der Waals surface area (Å²) in [6.07, 6.45) is 3.45. The second-order valence-electron chi connectivity index (χ2n) is 11.1. The van der Waals surface area contributed by atoms with Crippen LogP contribution in [0.1, 0.15) is 13.3 Å². The Kier molecular flexibility index (Phi) is 9.22. The maximum Gasteiger partial charge on any atom is 0.319 e. The third kappa shape index (κ3) is 6.48. The summed E-state index contributed by atoms with van der Waals surface area (Å²) in [5, 5.41) is 7.62. The first-order chi connectivity index (χ1) is 21.7. The van der Waals surface area contributed by atoms with E-state index in [1.54, 1.807) is 18.1 Å². The van der Waals surface area contributed by atoms with Gasteiger partial charge in [0.25, 0.3) is 0 Å². The third-order valence-corrected chi connectivity index (χ3v) is 8.76. The molecule has 0 aliphatic carbocycles. The van der Waals surface area contributed by atoms with Crippen LogP contribution in [0.25, 0.3) is 21.8 Å².